The zero-order valence-electron chi connectivity index (χ0n) is 14.8. The Morgan fingerprint density at radius 2 is 2.33 bits per heavy atom. The maximum absolute atomic E-state index is 12.1. The number of pyridine rings is 1. The topological polar surface area (TPSA) is 70.2 Å². The highest BCUT2D eigenvalue weighted by molar-refractivity contribution is 6.00. The molecule has 3 heterocycles. The van der Waals surface area contributed by atoms with Crippen LogP contribution in [0.3, 0.4) is 0 Å². The fourth-order valence-electron chi connectivity index (χ4n) is 3.56. The number of amides is 1. The minimum atomic E-state index is -0.231. The summed E-state index contributed by atoms with van der Waals surface area (Å²) in [6.07, 6.45) is 4.03. The number of H-pyrrole nitrogens is 1. The first kappa shape index (κ1) is 16.8. The molecule has 1 aliphatic heterocycles. The molecule has 6 heteroatoms. The van der Waals surface area contributed by atoms with E-state index in [9.17, 15) is 4.79 Å². The summed E-state index contributed by atoms with van der Waals surface area (Å²) >= 11 is 0. The normalized spacial score (nSPS) is 18.3. The average molecular weight is 330 g/mol. The van der Waals surface area contributed by atoms with Crippen LogP contribution in [0.4, 0.5) is 5.69 Å². The summed E-state index contributed by atoms with van der Waals surface area (Å²) in [7, 11) is 1.77. The van der Waals surface area contributed by atoms with Crippen LogP contribution < -0.4 is 10.2 Å². The third-order valence-electron chi connectivity index (χ3n) is 4.98. The zero-order valence-corrected chi connectivity index (χ0v) is 14.8. The van der Waals surface area contributed by atoms with Crippen LogP contribution in [0.1, 0.15) is 44.1 Å². The van der Waals surface area contributed by atoms with Crippen molar-refractivity contribution < 1.29 is 9.53 Å². The van der Waals surface area contributed by atoms with Crippen LogP contribution in [-0.4, -0.2) is 47.7 Å². The van der Waals surface area contributed by atoms with Crippen molar-refractivity contribution in [2.45, 2.75) is 45.3 Å². The maximum atomic E-state index is 12.1. The Hall–Kier alpha value is -2.08. The monoisotopic (exact) mass is 330 g/mol. The molecule has 130 valence electrons. The number of fused-ring (bicyclic) bond motifs is 1. The summed E-state index contributed by atoms with van der Waals surface area (Å²) in [5.41, 5.74) is 2.17. The number of anilines is 1. The first-order valence-corrected chi connectivity index (χ1v) is 8.55. The van der Waals surface area contributed by atoms with E-state index in [0.29, 0.717) is 18.3 Å². The largest absolute Gasteiger partial charge is 0.377 e. The molecule has 0 spiro atoms. The van der Waals surface area contributed by atoms with Crippen LogP contribution in [0.2, 0.25) is 0 Å². The Bertz CT molecular complexity index is 738. The van der Waals surface area contributed by atoms with Gasteiger partial charge < -0.3 is 19.9 Å². The van der Waals surface area contributed by atoms with Crippen LogP contribution in [-0.2, 0) is 4.74 Å². The van der Waals surface area contributed by atoms with Crippen molar-refractivity contribution in [2.75, 3.05) is 25.1 Å². The molecule has 0 aromatic carbocycles. The summed E-state index contributed by atoms with van der Waals surface area (Å²) in [5.74, 6) is -0.100. The molecular weight excluding hydrogens is 304 g/mol. The van der Waals surface area contributed by atoms with E-state index in [2.05, 4.69) is 34.0 Å². The van der Waals surface area contributed by atoms with Gasteiger partial charge in [0.1, 0.15) is 11.3 Å². The van der Waals surface area contributed by atoms with Gasteiger partial charge in [0, 0.05) is 37.5 Å². The number of nitrogens with one attached hydrogen (secondary N) is 2. The number of methoxy groups -OCH3 is 1. The summed E-state index contributed by atoms with van der Waals surface area (Å²) < 4.78 is 5.73. The van der Waals surface area contributed by atoms with Gasteiger partial charge in [-0.05, 0) is 45.7 Å². The fraction of sp³-hybridized carbons (Fsp3) is 0.556. The van der Waals surface area contributed by atoms with E-state index in [0.717, 1.165) is 36.1 Å². The van der Waals surface area contributed by atoms with Crippen molar-refractivity contribution in [1.29, 1.82) is 0 Å². The van der Waals surface area contributed by atoms with E-state index in [4.69, 9.17) is 4.74 Å². The van der Waals surface area contributed by atoms with Gasteiger partial charge in [-0.25, -0.2) is 4.98 Å². The second-order valence-corrected chi connectivity index (χ2v) is 6.79. The van der Waals surface area contributed by atoms with Crippen LogP contribution >= 0.6 is 0 Å². The standard InChI is InChI=1S/C18H26N4O2/c1-5-19-17(23)13-11-12-14(8-9-20-16(12)21-13)22-10-6-7-15(22)18(2,3)24-4/h8-9,11,15H,5-7,10H2,1-4H3,(H,19,23)(H,20,21). The summed E-state index contributed by atoms with van der Waals surface area (Å²) in [6.45, 7) is 7.76. The number of carbonyl (C=O) groups excluding carboxylic acids is 1. The molecule has 0 saturated carbocycles. The van der Waals surface area contributed by atoms with Gasteiger partial charge in [-0.3, -0.25) is 4.79 Å². The summed E-state index contributed by atoms with van der Waals surface area (Å²) in [5, 5.41) is 3.81. The number of ether oxygens (including phenoxy) is 1. The number of hydrogen-bond acceptors (Lipinski definition) is 4. The number of nitrogens with zero attached hydrogens (tertiary/aromatic N) is 2. The Kier molecular flexibility index (Phi) is 4.49. The molecule has 3 rings (SSSR count). The summed E-state index contributed by atoms with van der Waals surface area (Å²) in [4.78, 5) is 22.0. The molecule has 24 heavy (non-hydrogen) atoms. The lowest BCUT2D eigenvalue weighted by atomic mass is 9.96. The van der Waals surface area contributed by atoms with E-state index in [1.54, 1.807) is 13.3 Å². The van der Waals surface area contributed by atoms with Crippen LogP contribution in [0.25, 0.3) is 11.0 Å². The molecule has 0 aliphatic carbocycles. The number of rotatable bonds is 5. The molecule has 0 bridgehead atoms. The highest BCUT2D eigenvalue weighted by Gasteiger charge is 2.38. The third-order valence-corrected chi connectivity index (χ3v) is 4.98. The molecule has 2 aromatic rings. The lowest BCUT2D eigenvalue weighted by molar-refractivity contribution is 0.00197. The minimum absolute atomic E-state index is 0.100. The van der Waals surface area contributed by atoms with Crippen LogP contribution in [0.15, 0.2) is 18.3 Å². The highest BCUT2D eigenvalue weighted by atomic mass is 16.5. The van der Waals surface area contributed by atoms with Crippen molar-refractivity contribution in [2.24, 2.45) is 0 Å². The third kappa shape index (κ3) is 2.86. The molecule has 2 aromatic heterocycles. The first-order chi connectivity index (χ1) is 11.5. The predicted molar refractivity (Wildman–Crippen MR) is 95.6 cm³/mol. The fourth-order valence-corrected chi connectivity index (χ4v) is 3.56. The minimum Gasteiger partial charge on any atom is -0.377 e. The molecule has 1 atom stereocenters. The van der Waals surface area contributed by atoms with Crippen LogP contribution in [0, 0.1) is 0 Å². The molecule has 2 N–H and O–H groups in total. The van der Waals surface area contributed by atoms with Gasteiger partial charge in [-0.2, -0.15) is 0 Å². The van der Waals surface area contributed by atoms with E-state index in [-0.39, 0.29) is 11.5 Å². The quantitative estimate of drug-likeness (QED) is 0.884. The molecule has 1 fully saturated rings. The number of carbonyl (C=O) groups is 1. The number of aromatic nitrogens is 2. The molecular formula is C18H26N4O2. The van der Waals surface area contributed by atoms with E-state index in [1.165, 1.54) is 0 Å². The molecule has 6 nitrogen and oxygen atoms in total. The maximum Gasteiger partial charge on any atom is 0.267 e. The Labute approximate surface area is 142 Å². The van der Waals surface area contributed by atoms with Gasteiger partial charge in [-0.1, -0.05) is 0 Å². The molecule has 0 radical (unpaired) electrons. The van der Waals surface area contributed by atoms with Crippen LogP contribution in [0.5, 0.6) is 0 Å². The van der Waals surface area contributed by atoms with Crippen molar-refractivity contribution >= 4 is 22.6 Å². The number of aromatic amines is 1. The van der Waals surface area contributed by atoms with Gasteiger partial charge in [0.15, 0.2) is 0 Å². The Morgan fingerprint density at radius 1 is 1.54 bits per heavy atom. The smallest absolute Gasteiger partial charge is 0.267 e. The van der Waals surface area contributed by atoms with Crippen molar-refractivity contribution in [3.8, 4) is 0 Å². The van der Waals surface area contributed by atoms with E-state index in [1.807, 2.05) is 19.1 Å². The summed E-state index contributed by atoms with van der Waals surface area (Å²) in [6, 6.07) is 4.23. The van der Waals surface area contributed by atoms with Gasteiger partial charge in [-0.15, -0.1) is 0 Å². The van der Waals surface area contributed by atoms with Gasteiger partial charge in [0.25, 0.3) is 5.91 Å². The van der Waals surface area contributed by atoms with Gasteiger partial charge >= 0.3 is 0 Å². The van der Waals surface area contributed by atoms with Gasteiger partial charge in [0.2, 0.25) is 0 Å². The Morgan fingerprint density at radius 3 is 3.04 bits per heavy atom. The first-order valence-electron chi connectivity index (χ1n) is 8.55. The van der Waals surface area contributed by atoms with Crippen molar-refractivity contribution in [3.63, 3.8) is 0 Å². The molecule has 1 amide bonds. The predicted octanol–water partition coefficient (Wildman–Crippen LogP) is 2.71. The van der Waals surface area contributed by atoms with E-state index < -0.39 is 0 Å². The van der Waals surface area contributed by atoms with E-state index >= 15 is 0 Å². The number of hydrogen-bond donors (Lipinski definition) is 2. The lowest BCUT2D eigenvalue weighted by Gasteiger charge is -2.38. The molecule has 1 saturated heterocycles. The van der Waals surface area contributed by atoms with Crippen molar-refractivity contribution in [1.82, 2.24) is 15.3 Å². The molecule has 1 unspecified atom stereocenters. The second kappa shape index (κ2) is 6.43. The lowest BCUT2D eigenvalue weighted by Crippen LogP contribution is -2.47. The highest BCUT2D eigenvalue weighted by Crippen LogP contribution is 2.36. The SMILES string of the molecule is CCNC(=O)c1cc2c(N3CCCC3C(C)(C)OC)ccnc2[nH]1. The van der Waals surface area contributed by atoms with Gasteiger partial charge in [0.05, 0.1) is 11.6 Å². The second-order valence-electron chi connectivity index (χ2n) is 6.79. The Balaban J connectivity index is 2.01. The van der Waals surface area contributed by atoms with Crippen molar-refractivity contribution in [3.05, 3.63) is 24.0 Å². The average Bonchev–Trinajstić information content (AvgIpc) is 3.21. The molecule has 1 aliphatic rings. The zero-order chi connectivity index (χ0) is 17.3.